The number of imidazole rings is 1. The van der Waals surface area contributed by atoms with Crippen LogP contribution >= 0.6 is 0 Å². The average Bonchev–Trinajstić information content (AvgIpc) is 3.06. The van der Waals surface area contributed by atoms with Crippen LogP contribution in [0.2, 0.25) is 0 Å². The number of ether oxygens (including phenoxy) is 2. The van der Waals surface area contributed by atoms with Gasteiger partial charge in [-0.25, -0.2) is 4.98 Å². The molecule has 3 rings (SSSR count). The molecule has 0 fully saturated rings. The molecule has 0 aliphatic rings. The minimum Gasteiger partial charge on any atom is -0.490 e. The lowest BCUT2D eigenvalue weighted by Crippen LogP contribution is -2.12. The van der Waals surface area contributed by atoms with Gasteiger partial charge in [0.2, 0.25) is 0 Å². The molecule has 0 bridgehead atoms. The number of aromatic amines is 1. The number of nitrogens with one attached hydrogen (secondary N) is 1. The van der Waals surface area contributed by atoms with Crippen molar-refractivity contribution in [2.45, 2.75) is 31.7 Å². The maximum absolute atomic E-state index is 13.0. The van der Waals surface area contributed by atoms with E-state index in [1.807, 2.05) is 57.1 Å². The first-order valence-corrected chi connectivity index (χ1v) is 10.7. The number of nitrogens with zero attached hydrogens (tertiary/aromatic N) is 2. The van der Waals surface area contributed by atoms with Gasteiger partial charge in [-0.1, -0.05) is 12.1 Å². The van der Waals surface area contributed by atoms with Gasteiger partial charge in [0.25, 0.3) is 0 Å². The first-order valence-electron chi connectivity index (χ1n) is 9.37. The van der Waals surface area contributed by atoms with Gasteiger partial charge in [0.15, 0.2) is 16.7 Å². The summed E-state index contributed by atoms with van der Waals surface area (Å²) in [7, 11) is 2.69. The Hall–Kier alpha value is -2.54. The van der Waals surface area contributed by atoms with Gasteiger partial charge in [-0.15, -0.1) is 0 Å². The predicted molar refractivity (Wildman–Crippen MR) is 114 cm³/mol. The summed E-state index contributed by atoms with van der Waals surface area (Å²) in [5, 5.41) is 0.455. The fourth-order valence-corrected chi connectivity index (χ4v) is 4.15. The SMILES string of the molecule is CCOc1cc2nc(S(=O)Cc3ccc(C)cc3N(C)C)[nH]c2cc1OCC. The van der Waals surface area contributed by atoms with E-state index in [2.05, 4.69) is 23.0 Å². The fourth-order valence-electron chi connectivity index (χ4n) is 3.06. The average molecular weight is 402 g/mol. The summed E-state index contributed by atoms with van der Waals surface area (Å²) in [5.74, 6) is 1.70. The van der Waals surface area contributed by atoms with Crippen LogP contribution in [-0.4, -0.2) is 41.5 Å². The third kappa shape index (κ3) is 4.30. The number of H-pyrrole nitrogens is 1. The molecule has 0 saturated heterocycles. The van der Waals surface area contributed by atoms with E-state index in [0.717, 1.165) is 16.8 Å². The van der Waals surface area contributed by atoms with Crippen LogP contribution in [-0.2, 0) is 16.6 Å². The Morgan fingerprint density at radius 2 is 1.75 bits per heavy atom. The zero-order chi connectivity index (χ0) is 20.3. The summed E-state index contributed by atoms with van der Waals surface area (Å²) < 4.78 is 24.3. The monoisotopic (exact) mass is 401 g/mol. The van der Waals surface area contributed by atoms with Crippen molar-refractivity contribution in [1.29, 1.82) is 0 Å². The van der Waals surface area contributed by atoms with Gasteiger partial charge in [-0.3, -0.25) is 4.21 Å². The van der Waals surface area contributed by atoms with Crippen molar-refractivity contribution in [3.05, 3.63) is 41.5 Å². The summed E-state index contributed by atoms with van der Waals surface area (Å²) in [6, 6.07) is 9.87. The van der Waals surface area contributed by atoms with Gasteiger partial charge < -0.3 is 19.4 Å². The molecular weight excluding hydrogens is 374 g/mol. The molecule has 3 aromatic rings. The number of aromatic nitrogens is 2. The topological polar surface area (TPSA) is 67.5 Å². The second-order valence-electron chi connectivity index (χ2n) is 6.74. The van der Waals surface area contributed by atoms with Crippen molar-refractivity contribution < 1.29 is 13.7 Å². The molecule has 2 aromatic carbocycles. The van der Waals surface area contributed by atoms with Crippen LogP contribution in [0.25, 0.3) is 11.0 Å². The van der Waals surface area contributed by atoms with Crippen molar-refractivity contribution in [2.75, 3.05) is 32.2 Å². The van der Waals surface area contributed by atoms with E-state index in [1.54, 1.807) is 0 Å². The Kier molecular flexibility index (Phi) is 6.24. The fraction of sp³-hybridized carbons (Fsp3) is 0.381. The summed E-state index contributed by atoms with van der Waals surface area (Å²) in [4.78, 5) is 9.77. The first-order chi connectivity index (χ1) is 13.4. The standard InChI is InChI=1S/C21H27N3O3S/c1-6-26-19-11-16-17(12-20(19)27-7-2)23-21(22-16)28(25)13-15-9-8-14(3)10-18(15)24(4)5/h8-12H,6-7,13H2,1-5H3,(H,22,23). The van der Waals surface area contributed by atoms with Crippen molar-refractivity contribution >= 4 is 27.5 Å². The highest BCUT2D eigenvalue weighted by Gasteiger charge is 2.16. The molecule has 0 aliphatic carbocycles. The lowest BCUT2D eigenvalue weighted by Gasteiger charge is -2.17. The summed E-state index contributed by atoms with van der Waals surface area (Å²) in [5.41, 5.74) is 4.77. The van der Waals surface area contributed by atoms with Crippen molar-refractivity contribution in [1.82, 2.24) is 9.97 Å². The smallest absolute Gasteiger partial charge is 0.197 e. The summed E-state index contributed by atoms with van der Waals surface area (Å²) >= 11 is 0. The number of benzene rings is 2. The predicted octanol–water partition coefficient (Wildman–Crippen LogP) is 4.04. The maximum Gasteiger partial charge on any atom is 0.197 e. The Labute approximate surface area is 168 Å². The zero-order valence-corrected chi connectivity index (χ0v) is 17.9. The van der Waals surface area contributed by atoms with Gasteiger partial charge in [0, 0.05) is 31.9 Å². The molecular formula is C21H27N3O3S. The Balaban J connectivity index is 1.92. The van der Waals surface area contributed by atoms with Crippen LogP contribution in [0.15, 0.2) is 35.5 Å². The van der Waals surface area contributed by atoms with Crippen molar-refractivity contribution in [3.8, 4) is 11.5 Å². The van der Waals surface area contributed by atoms with Gasteiger partial charge >= 0.3 is 0 Å². The van der Waals surface area contributed by atoms with Crippen LogP contribution in [0.3, 0.4) is 0 Å². The summed E-state index contributed by atoms with van der Waals surface area (Å²) in [6.07, 6.45) is 0. The zero-order valence-electron chi connectivity index (χ0n) is 17.0. The molecule has 0 radical (unpaired) electrons. The van der Waals surface area contributed by atoms with E-state index in [0.29, 0.717) is 41.1 Å². The minimum absolute atomic E-state index is 0.393. The normalized spacial score (nSPS) is 12.2. The molecule has 0 saturated carbocycles. The lowest BCUT2D eigenvalue weighted by atomic mass is 10.1. The van der Waals surface area contributed by atoms with E-state index in [9.17, 15) is 4.21 Å². The Bertz CT molecular complexity index is 955. The molecule has 6 nitrogen and oxygen atoms in total. The van der Waals surface area contributed by atoms with Gasteiger partial charge in [-0.05, 0) is 38.0 Å². The van der Waals surface area contributed by atoms with Gasteiger partial charge in [0.05, 0.1) is 40.8 Å². The number of anilines is 1. The van der Waals surface area contributed by atoms with Crippen molar-refractivity contribution in [2.24, 2.45) is 0 Å². The Morgan fingerprint density at radius 1 is 1.07 bits per heavy atom. The molecule has 150 valence electrons. The van der Waals surface area contributed by atoms with Crippen LogP contribution in [0, 0.1) is 6.92 Å². The number of hydrogen-bond acceptors (Lipinski definition) is 5. The largest absolute Gasteiger partial charge is 0.490 e. The highest BCUT2D eigenvalue weighted by molar-refractivity contribution is 7.84. The van der Waals surface area contributed by atoms with Crippen LogP contribution in [0.5, 0.6) is 11.5 Å². The van der Waals surface area contributed by atoms with E-state index >= 15 is 0 Å². The molecule has 1 N–H and O–H groups in total. The maximum atomic E-state index is 13.0. The molecule has 7 heteroatoms. The van der Waals surface area contributed by atoms with E-state index in [1.165, 1.54) is 5.56 Å². The second kappa shape index (κ2) is 8.65. The first kappa shape index (κ1) is 20.2. The number of aryl methyl sites for hydroxylation is 1. The molecule has 1 atom stereocenters. The van der Waals surface area contributed by atoms with Crippen molar-refractivity contribution in [3.63, 3.8) is 0 Å². The van der Waals surface area contributed by atoms with Gasteiger partial charge in [-0.2, -0.15) is 0 Å². The number of rotatable bonds is 8. The molecule has 0 aliphatic heterocycles. The van der Waals surface area contributed by atoms with Crippen LogP contribution < -0.4 is 14.4 Å². The number of hydrogen-bond donors (Lipinski definition) is 1. The summed E-state index contributed by atoms with van der Waals surface area (Å²) in [6.45, 7) is 6.99. The molecule has 0 spiro atoms. The molecule has 1 aromatic heterocycles. The minimum atomic E-state index is -1.30. The Morgan fingerprint density at radius 3 is 2.39 bits per heavy atom. The second-order valence-corrected chi connectivity index (χ2v) is 8.11. The molecule has 28 heavy (non-hydrogen) atoms. The van der Waals surface area contributed by atoms with E-state index in [-0.39, 0.29) is 0 Å². The van der Waals surface area contributed by atoms with E-state index in [4.69, 9.17) is 9.47 Å². The van der Waals surface area contributed by atoms with E-state index < -0.39 is 10.8 Å². The molecule has 0 amide bonds. The molecule has 1 unspecified atom stereocenters. The third-order valence-corrected chi connectivity index (χ3v) is 5.55. The third-order valence-electron chi connectivity index (χ3n) is 4.35. The lowest BCUT2D eigenvalue weighted by molar-refractivity contribution is 0.288. The van der Waals surface area contributed by atoms with Crippen LogP contribution in [0.1, 0.15) is 25.0 Å². The number of fused-ring (bicyclic) bond motifs is 1. The highest BCUT2D eigenvalue weighted by atomic mass is 32.2. The highest BCUT2D eigenvalue weighted by Crippen LogP contribution is 2.32. The molecule has 1 heterocycles. The van der Waals surface area contributed by atoms with Gasteiger partial charge in [0.1, 0.15) is 0 Å². The quantitative estimate of drug-likeness (QED) is 0.617. The van der Waals surface area contributed by atoms with Crippen LogP contribution in [0.4, 0.5) is 5.69 Å².